The zero-order valence-electron chi connectivity index (χ0n) is 13.3. The summed E-state index contributed by atoms with van der Waals surface area (Å²) in [6.45, 7) is 0.589. The van der Waals surface area contributed by atoms with Crippen molar-refractivity contribution in [2.24, 2.45) is 0 Å². The van der Waals surface area contributed by atoms with E-state index >= 15 is 0 Å². The van der Waals surface area contributed by atoms with Crippen molar-refractivity contribution in [3.8, 4) is 6.07 Å². The molecule has 6 nitrogen and oxygen atoms in total. The Bertz CT molecular complexity index is 889. The molecule has 0 spiro atoms. The van der Waals surface area contributed by atoms with E-state index in [4.69, 9.17) is 5.26 Å². The van der Waals surface area contributed by atoms with Crippen LogP contribution in [0.4, 0.5) is 21.8 Å². The molecule has 0 aliphatic carbocycles. The normalized spacial score (nSPS) is 10.1. The number of hydrogen-bond acceptors (Lipinski definition) is 6. The smallest absolute Gasteiger partial charge is 0.244 e. The van der Waals surface area contributed by atoms with Crippen LogP contribution in [0.5, 0.6) is 0 Å². The number of nitrogens with zero attached hydrogens (tertiary/aromatic N) is 4. The van der Waals surface area contributed by atoms with E-state index in [0.717, 1.165) is 5.56 Å². The number of halogens is 1. The Morgan fingerprint density at radius 2 is 1.88 bits per heavy atom. The first-order chi connectivity index (χ1) is 12.2. The molecule has 124 valence electrons. The molecule has 3 aromatic rings. The van der Waals surface area contributed by atoms with E-state index in [1.807, 2.05) is 6.07 Å². The molecule has 1 heterocycles. The Labute approximate surface area is 144 Å². The number of rotatable bonds is 6. The van der Waals surface area contributed by atoms with Crippen molar-refractivity contribution in [2.75, 3.05) is 17.2 Å². The number of benzene rings is 2. The number of aromatic nitrogens is 3. The van der Waals surface area contributed by atoms with E-state index < -0.39 is 0 Å². The van der Waals surface area contributed by atoms with E-state index in [1.165, 1.54) is 18.3 Å². The lowest BCUT2D eigenvalue weighted by atomic mass is 10.1. The van der Waals surface area contributed by atoms with Crippen LogP contribution < -0.4 is 10.6 Å². The molecule has 1 aromatic heterocycles. The van der Waals surface area contributed by atoms with Gasteiger partial charge in [0.1, 0.15) is 11.9 Å². The number of para-hydroxylation sites is 1. The van der Waals surface area contributed by atoms with Crippen LogP contribution in [0.2, 0.25) is 0 Å². The van der Waals surface area contributed by atoms with Crippen LogP contribution in [0.3, 0.4) is 0 Å². The quantitative estimate of drug-likeness (QED) is 0.719. The minimum absolute atomic E-state index is 0.249. The summed E-state index contributed by atoms with van der Waals surface area (Å²) in [6, 6.07) is 15.6. The van der Waals surface area contributed by atoms with Gasteiger partial charge in [0.15, 0.2) is 5.82 Å². The lowest BCUT2D eigenvalue weighted by Gasteiger charge is -2.08. The van der Waals surface area contributed by atoms with Gasteiger partial charge in [0.05, 0.1) is 17.4 Å². The molecule has 0 fully saturated rings. The van der Waals surface area contributed by atoms with Crippen LogP contribution in [0.25, 0.3) is 0 Å². The summed E-state index contributed by atoms with van der Waals surface area (Å²) in [6.07, 6.45) is 2.19. The third kappa shape index (κ3) is 4.48. The Hall–Kier alpha value is -3.53. The van der Waals surface area contributed by atoms with Gasteiger partial charge in [-0.05, 0) is 36.2 Å². The van der Waals surface area contributed by atoms with Gasteiger partial charge in [-0.15, -0.1) is 5.10 Å². The zero-order valence-corrected chi connectivity index (χ0v) is 13.3. The molecule has 7 heteroatoms. The molecule has 2 N–H and O–H groups in total. The topological polar surface area (TPSA) is 86.5 Å². The fourth-order valence-corrected chi connectivity index (χ4v) is 2.24. The van der Waals surface area contributed by atoms with E-state index in [9.17, 15) is 4.39 Å². The molecule has 0 atom stereocenters. The van der Waals surface area contributed by atoms with Crippen LogP contribution in [0, 0.1) is 17.1 Å². The first-order valence-electron chi connectivity index (χ1n) is 7.69. The SMILES string of the molecule is N#Cc1ccccc1Nc1cnnc(NCCc2ccc(F)cc2)n1. The zero-order chi connectivity index (χ0) is 17.5. The third-order valence-electron chi connectivity index (χ3n) is 3.48. The van der Waals surface area contributed by atoms with Crippen molar-refractivity contribution in [1.29, 1.82) is 5.26 Å². The van der Waals surface area contributed by atoms with Gasteiger partial charge < -0.3 is 10.6 Å². The van der Waals surface area contributed by atoms with Crippen molar-refractivity contribution in [3.05, 3.63) is 71.7 Å². The van der Waals surface area contributed by atoms with Gasteiger partial charge >= 0.3 is 0 Å². The molecule has 0 saturated carbocycles. The summed E-state index contributed by atoms with van der Waals surface area (Å²) in [5.74, 6) is 0.615. The fourth-order valence-electron chi connectivity index (χ4n) is 2.24. The summed E-state index contributed by atoms with van der Waals surface area (Å²) in [5.41, 5.74) is 2.19. The summed E-state index contributed by atoms with van der Waals surface area (Å²) >= 11 is 0. The summed E-state index contributed by atoms with van der Waals surface area (Å²) in [7, 11) is 0. The molecule has 0 aliphatic heterocycles. The number of nitrogens with one attached hydrogen (secondary N) is 2. The first-order valence-corrected chi connectivity index (χ1v) is 7.69. The summed E-state index contributed by atoms with van der Waals surface area (Å²) < 4.78 is 12.9. The molecule has 0 unspecified atom stereocenters. The molecular formula is C18H15FN6. The van der Waals surface area contributed by atoms with Crippen LogP contribution >= 0.6 is 0 Å². The molecule has 0 bridgehead atoms. The molecule has 2 aromatic carbocycles. The molecule has 3 rings (SSSR count). The molecule has 25 heavy (non-hydrogen) atoms. The highest BCUT2D eigenvalue weighted by atomic mass is 19.1. The predicted molar refractivity (Wildman–Crippen MR) is 92.9 cm³/mol. The highest BCUT2D eigenvalue weighted by Crippen LogP contribution is 2.18. The lowest BCUT2D eigenvalue weighted by molar-refractivity contribution is 0.627. The van der Waals surface area contributed by atoms with Crippen LogP contribution in [-0.4, -0.2) is 21.7 Å². The van der Waals surface area contributed by atoms with Crippen LogP contribution in [0.1, 0.15) is 11.1 Å². The minimum atomic E-state index is -0.249. The Morgan fingerprint density at radius 1 is 1.08 bits per heavy atom. The second-order valence-electron chi connectivity index (χ2n) is 5.25. The first kappa shape index (κ1) is 16.3. The van der Waals surface area contributed by atoms with E-state index in [2.05, 4.69) is 31.9 Å². The molecule has 0 saturated heterocycles. The minimum Gasteiger partial charge on any atom is -0.353 e. The van der Waals surface area contributed by atoms with Crippen molar-refractivity contribution < 1.29 is 4.39 Å². The highest BCUT2D eigenvalue weighted by Gasteiger charge is 2.04. The molecule has 0 radical (unpaired) electrons. The molecule has 0 aliphatic rings. The van der Waals surface area contributed by atoms with E-state index in [1.54, 1.807) is 30.3 Å². The number of hydrogen-bond donors (Lipinski definition) is 2. The van der Waals surface area contributed by atoms with Gasteiger partial charge in [-0.25, -0.2) is 4.39 Å². The average molecular weight is 334 g/mol. The largest absolute Gasteiger partial charge is 0.353 e. The van der Waals surface area contributed by atoms with Gasteiger partial charge in [-0.3, -0.25) is 0 Å². The maximum Gasteiger partial charge on any atom is 0.244 e. The van der Waals surface area contributed by atoms with Gasteiger partial charge in [0, 0.05) is 6.54 Å². The molecule has 0 amide bonds. The van der Waals surface area contributed by atoms with Crippen molar-refractivity contribution in [2.45, 2.75) is 6.42 Å². The van der Waals surface area contributed by atoms with Gasteiger partial charge in [-0.2, -0.15) is 15.3 Å². The Balaban J connectivity index is 1.61. The average Bonchev–Trinajstić information content (AvgIpc) is 2.64. The molecular weight excluding hydrogens is 319 g/mol. The van der Waals surface area contributed by atoms with E-state index in [0.29, 0.717) is 36.0 Å². The van der Waals surface area contributed by atoms with Gasteiger partial charge in [0.2, 0.25) is 5.95 Å². The number of nitriles is 1. The van der Waals surface area contributed by atoms with Gasteiger partial charge in [-0.1, -0.05) is 24.3 Å². The monoisotopic (exact) mass is 334 g/mol. The standard InChI is InChI=1S/C18H15FN6/c19-15-7-5-13(6-8-15)9-10-21-18-24-17(12-22-25-18)23-16-4-2-1-3-14(16)11-20/h1-8,12H,9-10H2,(H2,21,23,24,25). The van der Waals surface area contributed by atoms with Crippen molar-refractivity contribution in [1.82, 2.24) is 15.2 Å². The van der Waals surface area contributed by atoms with Crippen LogP contribution in [-0.2, 0) is 6.42 Å². The number of anilines is 3. The summed E-state index contributed by atoms with van der Waals surface area (Å²) in [4.78, 5) is 4.32. The Morgan fingerprint density at radius 3 is 2.68 bits per heavy atom. The maximum atomic E-state index is 12.9. The summed E-state index contributed by atoms with van der Waals surface area (Å²) in [5, 5.41) is 23.1. The predicted octanol–water partition coefficient (Wildman–Crippen LogP) is 3.28. The van der Waals surface area contributed by atoms with Crippen molar-refractivity contribution in [3.63, 3.8) is 0 Å². The Kier molecular flexibility index (Phi) is 5.12. The van der Waals surface area contributed by atoms with Crippen LogP contribution in [0.15, 0.2) is 54.7 Å². The van der Waals surface area contributed by atoms with E-state index in [-0.39, 0.29) is 5.82 Å². The lowest BCUT2D eigenvalue weighted by Crippen LogP contribution is -2.10. The fraction of sp³-hybridized carbons (Fsp3) is 0.111. The maximum absolute atomic E-state index is 12.9. The second kappa shape index (κ2) is 7.84. The third-order valence-corrected chi connectivity index (χ3v) is 3.48. The van der Waals surface area contributed by atoms with Crippen molar-refractivity contribution >= 4 is 17.5 Å². The van der Waals surface area contributed by atoms with Gasteiger partial charge in [0.25, 0.3) is 0 Å². The second-order valence-corrected chi connectivity index (χ2v) is 5.25. The highest BCUT2D eigenvalue weighted by molar-refractivity contribution is 5.64.